The van der Waals surface area contributed by atoms with Crippen LogP contribution in [0.25, 0.3) is 27.5 Å². The van der Waals surface area contributed by atoms with Crippen LogP contribution < -0.4 is 10.3 Å². The van der Waals surface area contributed by atoms with Gasteiger partial charge in [0.2, 0.25) is 0 Å². The van der Waals surface area contributed by atoms with Gasteiger partial charge in [-0.15, -0.1) is 11.3 Å². The molecule has 1 fully saturated rings. The fraction of sp³-hybridized carbons (Fsp3) is 0.382. The molecule has 0 bridgehead atoms. The van der Waals surface area contributed by atoms with Crippen molar-refractivity contribution in [1.29, 1.82) is 0 Å². The normalized spacial score (nSPS) is 15.3. The van der Waals surface area contributed by atoms with Crippen LogP contribution in [-0.2, 0) is 6.42 Å². The van der Waals surface area contributed by atoms with Crippen LogP contribution in [0, 0.1) is 11.8 Å². The second kappa shape index (κ2) is 13.6. The summed E-state index contributed by atoms with van der Waals surface area (Å²) in [6.07, 6.45) is -0.117. The molecule has 232 valence electrons. The smallest absolute Gasteiger partial charge is 0.265 e. The number of piperidine rings is 1. The summed E-state index contributed by atoms with van der Waals surface area (Å²) < 4.78 is 33.5. The number of ether oxygens (including phenoxy) is 1. The molecule has 1 saturated heterocycles. The topological polar surface area (TPSA) is 64.4 Å². The number of carbonyl (C=O) groups excluding carboxylic acids is 1. The Morgan fingerprint density at radius 3 is 2.57 bits per heavy atom. The summed E-state index contributed by atoms with van der Waals surface area (Å²) in [7, 11) is 0. The SMILES string of the molecule is CCOc1ccc(Cl)c(-n2c(CC(C)C)c(C(=O)N3CCC[C@@H](C)C3)cc(-c3nc(-c4ccc(C(F)F)cc4)cs3)c2=O)c1. The second-order valence-corrected chi connectivity index (χ2v) is 12.9. The van der Waals surface area contributed by atoms with E-state index in [1.165, 1.54) is 23.5 Å². The number of nitrogens with zero attached hydrogens (tertiary/aromatic N) is 3. The van der Waals surface area contributed by atoms with E-state index < -0.39 is 6.43 Å². The number of halogens is 3. The van der Waals surface area contributed by atoms with Crippen molar-refractivity contribution in [3.63, 3.8) is 0 Å². The third kappa shape index (κ3) is 6.74. The Labute approximate surface area is 265 Å². The van der Waals surface area contributed by atoms with Gasteiger partial charge in [0.25, 0.3) is 17.9 Å². The molecular formula is C34H36ClF2N3O3S. The summed E-state index contributed by atoms with van der Waals surface area (Å²) in [6, 6.07) is 12.8. The molecule has 0 N–H and O–H groups in total. The zero-order valence-corrected chi connectivity index (χ0v) is 26.9. The summed E-state index contributed by atoms with van der Waals surface area (Å²) >= 11 is 8.01. The van der Waals surface area contributed by atoms with E-state index >= 15 is 0 Å². The first-order valence-corrected chi connectivity index (χ1v) is 16.2. The van der Waals surface area contributed by atoms with Crippen molar-refractivity contribution in [2.75, 3.05) is 19.7 Å². The molecule has 2 aromatic heterocycles. The summed E-state index contributed by atoms with van der Waals surface area (Å²) in [6.45, 7) is 9.84. The molecule has 5 rings (SSSR count). The number of likely N-dealkylation sites (tertiary alicyclic amines) is 1. The second-order valence-electron chi connectivity index (χ2n) is 11.7. The van der Waals surface area contributed by atoms with E-state index in [0.29, 0.717) is 76.0 Å². The lowest BCUT2D eigenvalue weighted by atomic mass is 9.96. The molecule has 4 aromatic rings. The van der Waals surface area contributed by atoms with Gasteiger partial charge in [-0.05, 0) is 56.2 Å². The Morgan fingerprint density at radius 2 is 1.91 bits per heavy atom. The highest BCUT2D eigenvalue weighted by molar-refractivity contribution is 7.13. The molecule has 1 aliphatic heterocycles. The van der Waals surface area contributed by atoms with Crippen LogP contribution in [0.1, 0.15) is 68.6 Å². The van der Waals surface area contributed by atoms with Gasteiger partial charge >= 0.3 is 0 Å². The average Bonchev–Trinajstić information content (AvgIpc) is 3.48. The number of alkyl halides is 2. The quantitative estimate of drug-likeness (QED) is 0.184. The van der Waals surface area contributed by atoms with E-state index in [-0.39, 0.29) is 28.5 Å². The van der Waals surface area contributed by atoms with Gasteiger partial charge in [-0.3, -0.25) is 14.2 Å². The highest BCUT2D eigenvalue weighted by Gasteiger charge is 2.29. The predicted octanol–water partition coefficient (Wildman–Crippen LogP) is 8.69. The van der Waals surface area contributed by atoms with Gasteiger partial charge in [-0.25, -0.2) is 13.8 Å². The third-order valence-electron chi connectivity index (χ3n) is 7.74. The van der Waals surface area contributed by atoms with Crippen LogP contribution >= 0.6 is 22.9 Å². The third-order valence-corrected chi connectivity index (χ3v) is 8.94. The molecule has 2 aromatic carbocycles. The lowest BCUT2D eigenvalue weighted by molar-refractivity contribution is 0.0681. The molecule has 0 unspecified atom stereocenters. The van der Waals surface area contributed by atoms with Crippen LogP contribution in [0.3, 0.4) is 0 Å². The maximum absolute atomic E-state index is 14.5. The van der Waals surface area contributed by atoms with Crippen LogP contribution in [-0.4, -0.2) is 40.1 Å². The lowest BCUT2D eigenvalue weighted by Crippen LogP contribution is -2.40. The van der Waals surface area contributed by atoms with E-state index in [9.17, 15) is 18.4 Å². The van der Waals surface area contributed by atoms with Gasteiger partial charge in [0.05, 0.1) is 34.1 Å². The number of hydrogen-bond donors (Lipinski definition) is 0. The summed E-state index contributed by atoms with van der Waals surface area (Å²) in [4.78, 5) is 35.4. The predicted molar refractivity (Wildman–Crippen MR) is 173 cm³/mol. The molecule has 10 heteroatoms. The fourth-order valence-corrected chi connectivity index (χ4v) is 6.67. The molecule has 0 saturated carbocycles. The van der Waals surface area contributed by atoms with Gasteiger partial charge in [-0.1, -0.05) is 56.6 Å². The minimum absolute atomic E-state index is 0.0748. The minimum Gasteiger partial charge on any atom is -0.494 e. The maximum Gasteiger partial charge on any atom is 0.265 e. The fourth-order valence-electron chi connectivity index (χ4n) is 5.63. The van der Waals surface area contributed by atoms with Crippen molar-refractivity contribution in [2.24, 2.45) is 11.8 Å². The Hall–Kier alpha value is -3.56. The van der Waals surface area contributed by atoms with Gasteiger partial charge in [0, 0.05) is 41.4 Å². The van der Waals surface area contributed by atoms with Crippen LogP contribution in [0.4, 0.5) is 8.78 Å². The van der Waals surface area contributed by atoms with Gasteiger partial charge in [0.1, 0.15) is 10.8 Å². The van der Waals surface area contributed by atoms with E-state index in [4.69, 9.17) is 21.3 Å². The molecule has 1 aliphatic rings. The number of thiazole rings is 1. The number of benzene rings is 2. The molecular weight excluding hydrogens is 604 g/mol. The molecule has 1 atom stereocenters. The van der Waals surface area contributed by atoms with Gasteiger partial charge in [0.15, 0.2) is 0 Å². The summed E-state index contributed by atoms with van der Waals surface area (Å²) in [5.41, 5.74) is 2.51. The Balaban J connectivity index is 1.73. The number of carbonyl (C=O) groups is 1. The standard InChI is InChI=1S/C34H36ClF2N3O3S/c1-5-43-24-12-13-27(35)30(16-24)40-29(15-20(2)3)25(33(41)39-14-6-7-21(4)18-39)17-26(34(40)42)32-38-28(19-44-32)22-8-10-23(11-9-22)31(36)37/h8-13,16-17,19-21,31H,5-7,14-15,18H2,1-4H3/t21-/m1/s1. The van der Waals surface area contributed by atoms with Crippen LogP contribution in [0.2, 0.25) is 5.02 Å². The summed E-state index contributed by atoms with van der Waals surface area (Å²) in [5, 5.41) is 2.56. The van der Waals surface area contributed by atoms with Crippen molar-refractivity contribution >= 4 is 28.8 Å². The monoisotopic (exact) mass is 639 g/mol. The van der Waals surface area contributed by atoms with E-state index in [1.54, 1.807) is 46.3 Å². The van der Waals surface area contributed by atoms with Gasteiger partial charge < -0.3 is 9.64 Å². The Kier molecular flexibility index (Phi) is 9.85. The van der Waals surface area contributed by atoms with Crippen molar-refractivity contribution in [2.45, 2.75) is 53.4 Å². The largest absolute Gasteiger partial charge is 0.494 e. The van der Waals surface area contributed by atoms with Crippen molar-refractivity contribution in [3.05, 3.63) is 86.1 Å². The van der Waals surface area contributed by atoms with Crippen molar-refractivity contribution < 1.29 is 18.3 Å². The molecule has 44 heavy (non-hydrogen) atoms. The summed E-state index contributed by atoms with van der Waals surface area (Å²) in [5.74, 6) is 0.941. The number of aromatic nitrogens is 2. The minimum atomic E-state index is -2.57. The first-order chi connectivity index (χ1) is 21.1. The van der Waals surface area contributed by atoms with Crippen molar-refractivity contribution in [3.8, 4) is 33.3 Å². The van der Waals surface area contributed by atoms with E-state index in [0.717, 1.165) is 12.8 Å². The molecule has 0 aliphatic carbocycles. The van der Waals surface area contributed by atoms with Crippen molar-refractivity contribution in [1.82, 2.24) is 14.5 Å². The highest BCUT2D eigenvalue weighted by Crippen LogP contribution is 2.33. The molecule has 3 heterocycles. The number of amides is 1. The molecule has 1 amide bonds. The Bertz CT molecular complexity index is 1700. The molecule has 6 nitrogen and oxygen atoms in total. The Morgan fingerprint density at radius 1 is 1.16 bits per heavy atom. The zero-order chi connectivity index (χ0) is 31.5. The average molecular weight is 640 g/mol. The van der Waals surface area contributed by atoms with Crippen LogP contribution in [0.15, 0.2) is 58.7 Å². The molecule has 0 spiro atoms. The lowest BCUT2D eigenvalue weighted by Gasteiger charge is -2.32. The first-order valence-electron chi connectivity index (χ1n) is 14.9. The number of pyridine rings is 1. The van der Waals surface area contributed by atoms with E-state index in [1.807, 2.05) is 25.7 Å². The zero-order valence-electron chi connectivity index (χ0n) is 25.3. The number of hydrogen-bond acceptors (Lipinski definition) is 5. The first kappa shape index (κ1) is 31.9. The number of rotatable bonds is 9. The van der Waals surface area contributed by atoms with Crippen LogP contribution in [0.5, 0.6) is 5.75 Å². The highest BCUT2D eigenvalue weighted by atomic mass is 35.5. The van der Waals surface area contributed by atoms with Gasteiger partial charge in [-0.2, -0.15) is 0 Å². The maximum atomic E-state index is 14.5. The molecule has 0 radical (unpaired) electrons. The van der Waals surface area contributed by atoms with E-state index in [2.05, 4.69) is 6.92 Å².